The first kappa shape index (κ1) is 40.0. The minimum absolute atomic E-state index is 0.0112. The van der Waals surface area contributed by atoms with E-state index in [1.807, 2.05) is 56.3 Å². The van der Waals surface area contributed by atoms with Gasteiger partial charge in [0.15, 0.2) is 12.6 Å². The average Bonchev–Trinajstić information content (AvgIpc) is 3.23. The maximum Gasteiger partial charge on any atom is 0.222 e. The Morgan fingerprint density at radius 3 is 1.74 bits per heavy atom. The van der Waals surface area contributed by atoms with E-state index in [-0.39, 0.29) is 64.8 Å². The minimum atomic E-state index is -0.623. The summed E-state index contributed by atoms with van der Waals surface area (Å²) in [5.41, 5.74) is 7.70. The van der Waals surface area contributed by atoms with E-state index in [4.69, 9.17) is 48.7 Å². The van der Waals surface area contributed by atoms with Crippen LogP contribution >= 0.6 is 23.2 Å². The highest BCUT2D eigenvalue weighted by atomic mass is 35.5. The fourth-order valence-corrected chi connectivity index (χ4v) is 6.47. The van der Waals surface area contributed by atoms with Gasteiger partial charge in [-0.3, -0.25) is 14.6 Å². The monoisotopic (exact) mass is 799 g/mol. The molecule has 0 radical (unpaired) electrons. The van der Waals surface area contributed by atoms with Gasteiger partial charge in [-0.05, 0) is 83.1 Å². The van der Waals surface area contributed by atoms with Gasteiger partial charge in [-0.1, -0.05) is 65.7 Å². The van der Waals surface area contributed by atoms with Gasteiger partial charge in [0.25, 0.3) is 0 Å². The van der Waals surface area contributed by atoms with Crippen LogP contribution in [0.1, 0.15) is 59.7 Å². The van der Waals surface area contributed by atoms with Crippen molar-refractivity contribution in [1.29, 1.82) is 5.26 Å². The fourth-order valence-electron chi connectivity index (χ4n) is 6.01. The summed E-state index contributed by atoms with van der Waals surface area (Å²) in [7, 11) is 0. The maximum atomic E-state index is 13.8. The van der Waals surface area contributed by atoms with Crippen LogP contribution in [0.25, 0.3) is 16.0 Å². The topological polar surface area (TPSA) is 112 Å². The lowest BCUT2D eigenvalue weighted by atomic mass is 9.92. The molecule has 0 saturated carbocycles. The minimum Gasteiger partial charge on any atom is -0.488 e. The van der Waals surface area contributed by atoms with Gasteiger partial charge in [0.05, 0.1) is 33.3 Å². The maximum absolute atomic E-state index is 13.8. The Balaban J connectivity index is 1.16. The predicted molar refractivity (Wildman–Crippen MR) is 214 cm³/mol. The molecule has 0 atom stereocenters. The van der Waals surface area contributed by atoms with Crippen molar-refractivity contribution < 1.29 is 32.9 Å². The van der Waals surface area contributed by atoms with Gasteiger partial charge in [0, 0.05) is 30.1 Å². The number of pyridine rings is 1. The molecule has 0 unspecified atom stereocenters. The van der Waals surface area contributed by atoms with Crippen LogP contribution in [-0.2, 0) is 26.4 Å². The lowest BCUT2D eigenvalue weighted by molar-refractivity contribution is 0.111. The summed E-state index contributed by atoms with van der Waals surface area (Å²) >= 11 is 13.0. The van der Waals surface area contributed by atoms with E-state index in [0.29, 0.717) is 40.8 Å². The summed E-state index contributed by atoms with van der Waals surface area (Å²) in [6, 6.07) is 25.7. The molecule has 5 aromatic carbocycles. The Labute approximate surface area is 338 Å². The van der Waals surface area contributed by atoms with Crippen molar-refractivity contribution >= 4 is 41.5 Å². The van der Waals surface area contributed by atoms with Gasteiger partial charge >= 0.3 is 0 Å². The van der Waals surface area contributed by atoms with Crippen LogP contribution in [0.15, 0.2) is 97.3 Å². The highest BCUT2D eigenvalue weighted by Gasteiger charge is 2.17. The molecule has 0 spiro atoms. The second-order valence-electron chi connectivity index (χ2n) is 12.8. The van der Waals surface area contributed by atoms with Crippen LogP contribution in [0.5, 0.6) is 23.0 Å². The third kappa shape index (κ3) is 9.40. The number of nitrogens with zero attached hydrogens (tertiary/aromatic N) is 3. The molecule has 1 aromatic heterocycles. The summed E-state index contributed by atoms with van der Waals surface area (Å²) < 4.78 is 38.0. The smallest absolute Gasteiger partial charge is 0.222 e. The molecule has 284 valence electrons. The molecule has 0 aliphatic rings. The third-order valence-electron chi connectivity index (χ3n) is 9.17. The Hall–Kier alpha value is -6.72. The van der Waals surface area contributed by atoms with Crippen molar-refractivity contribution in [2.45, 2.75) is 40.3 Å². The third-order valence-corrected chi connectivity index (χ3v) is 9.77. The van der Waals surface area contributed by atoms with Gasteiger partial charge < -0.3 is 18.9 Å². The Morgan fingerprint density at radius 1 is 0.702 bits per heavy atom. The van der Waals surface area contributed by atoms with E-state index >= 15 is 0 Å². The molecular weight excluding hydrogens is 768 g/mol. The number of hydrogen-bond donors (Lipinski definition) is 0. The molecule has 6 aromatic rings. The zero-order chi connectivity index (χ0) is 40.5. The Morgan fingerprint density at radius 2 is 1.23 bits per heavy atom. The number of rotatable bonds is 15. The van der Waals surface area contributed by atoms with E-state index in [1.54, 1.807) is 18.3 Å². The van der Waals surface area contributed by atoms with Crippen molar-refractivity contribution in [3.63, 3.8) is 0 Å². The molecule has 9 nitrogen and oxygen atoms in total. The molecule has 0 saturated heterocycles. The number of carbonyl (C=O) groups excluding carboxylic acids is 2. The van der Waals surface area contributed by atoms with E-state index in [0.717, 1.165) is 33.4 Å². The van der Waals surface area contributed by atoms with E-state index in [9.17, 15) is 19.2 Å². The number of hydrogen-bond acceptors (Lipinski definition) is 8. The summed E-state index contributed by atoms with van der Waals surface area (Å²) in [4.78, 5) is 30.9. The van der Waals surface area contributed by atoms with Crippen molar-refractivity contribution in [2.75, 3.05) is 0 Å². The lowest BCUT2D eigenvalue weighted by Gasteiger charge is -2.18. The van der Waals surface area contributed by atoms with Crippen molar-refractivity contribution in [1.82, 2.24) is 4.98 Å². The average molecular weight is 801 g/mol. The fraction of sp³-hybridized carbons (Fsp3) is 0.133. The second-order valence-corrected chi connectivity index (χ2v) is 13.6. The summed E-state index contributed by atoms with van der Waals surface area (Å²) in [5, 5.41) is 9.65. The van der Waals surface area contributed by atoms with Gasteiger partial charge in [-0.25, -0.2) is 9.24 Å². The van der Waals surface area contributed by atoms with Gasteiger partial charge in [0.2, 0.25) is 5.69 Å². The molecule has 0 amide bonds. The molecule has 1 heterocycles. The first-order chi connectivity index (χ1) is 27.6. The predicted octanol–water partition coefficient (Wildman–Crippen LogP) is 11.2. The standard InChI is InChI=1S/C45H32Cl2FN3O6/c1-27-32(25-56-44-16-42(34(21-52)14-38(44)46)54-23-29-10-11-40(48)41(13-29)50-3)6-4-8-36(27)37-9-5-7-33(28(37)2)26-57-45-17-43(35(22-53)15-39(45)47)55-24-31-12-30(18-49)19-51-20-31/h4-17,19-22H,23-26H2,1-2H3. The first-order valence-corrected chi connectivity index (χ1v) is 18.1. The number of carbonyl (C=O) groups is 2. The first-order valence-electron chi connectivity index (χ1n) is 17.4. The number of halogens is 3. The molecular formula is C45H32Cl2FN3O6. The van der Waals surface area contributed by atoms with Crippen LogP contribution in [-0.4, -0.2) is 17.6 Å². The van der Waals surface area contributed by atoms with Gasteiger partial charge in [-0.2, -0.15) is 5.26 Å². The summed E-state index contributed by atoms with van der Waals surface area (Å²) in [6.45, 7) is 11.6. The molecule has 0 bridgehead atoms. The van der Waals surface area contributed by atoms with Gasteiger partial charge in [0.1, 0.15) is 61.3 Å². The van der Waals surface area contributed by atoms with E-state index in [1.165, 1.54) is 42.6 Å². The molecule has 0 aliphatic heterocycles. The van der Waals surface area contributed by atoms with Gasteiger partial charge in [-0.15, -0.1) is 0 Å². The molecule has 0 aliphatic carbocycles. The molecule has 0 fully saturated rings. The van der Waals surface area contributed by atoms with Crippen LogP contribution in [0.4, 0.5) is 10.1 Å². The van der Waals surface area contributed by atoms with Crippen LogP contribution in [0, 0.1) is 37.6 Å². The number of ether oxygens (including phenoxy) is 4. The van der Waals surface area contributed by atoms with Crippen molar-refractivity contribution in [2.24, 2.45) is 0 Å². The molecule has 57 heavy (non-hydrogen) atoms. The van der Waals surface area contributed by atoms with E-state index < -0.39 is 5.82 Å². The highest BCUT2D eigenvalue weighted by molar-refractivity contribution is 6.32. The van der Waals surface area contributed by atoms with Crippen molar-refractivity contribution in [3.8, 4) is 40.2 Å². The number of nitriles is 1. The summed E-state index contributed by atoms with van der Waals surface area (Å²) in [5.74, 6) is 0.513. The normalized spacial score (nSPS) is 10.6. The number of aldehydes is 2. The Kier molecular flexibility index (Phi) is 12.8. The largest absolute Gasteiger partial charge is 0.488 e. The van der Waals surface area contributed by atoms with Crippen LogP contribution in [0.3, 0.4) is 0 Å². The second kappa shape index (κ2) is 18.3. The molecule has 0 N–H and O–H groups in total. The Bertz CT molecular complexity index is 2580. The van der Waals surface area contributed by atoms with Crippen molar-refractivity contribution in [3.05, 3.63) is 175 Å². The SMILES string of the molecule is [C-]#[N+]c1cc(COc2cc(OCc3cccc(-c4cccc(COc5cc(OCc6cncc(C#N)c6)c(C=O)cc5Cl)c4C)c3C)c(Cl)cc2C=O)ccc1F. The molecule has 12 heteroatoms. The molecule has 6 rings (SSSR count). The summed E-state index contributed by atoms with van der Waals surface area (Å²) in [6.07, 6.45) is 4.31. The number of aromatic nitrogens is 1. The van der Waals surface area contributed by atoms with Crippen LogP contribution < -0.4 is 18.9 Å². The zero-order valence-electron chi connectivity index (χ0n) is 30.6. The zero-order valence-corrected chi connectivity index (χ0v) is 32.2. The highest BCUT2D eigenvalue weighted by Crippen LogP contribution is 2.37. The quantitative estimate of drug-likeness (QED) is 0.0745. The lowest BCUT2D eigenvalue weighted by Crippen LogP contribution is -2.04. The van der Waals surface area contributed by atoms with Crippen LogP contribution in [0.2, 0.25) is 10.0 Å². The van der Waals surface area contributed by atoms with E-state index in [2.05, 4.69) is 9.83 Å². The number of benzene rings is 5.